The average Bonchev–Trinajstić information content (AvgIpc) is 3.60. The van der Waals surface area contributed by atoms with Gasteiger partial charge in [-0.1, -0.05) is 61.2 Å². The van der Waals surface area contributed by atoms with Crippen LogP contribution in [0.2, 0.25) is 5.02 Å². The van der Waals surface area contributed by atoms with Crippen LogP contribution in [0.1, 0.15) is 68.5 Å². The maximum absolute atomic E-state index is 13.7. The highest BCUT2D eigenvalue weighted by Crippen LogP contribution is 2.37. The van der Waals surface area contributed by atoms with Crippen LogP contribution < -0.4 is 20.7 Å². The number of unbranched alkanes of at least 4 members (excludes halogenated alkanes) is 4. The number of benzene rings is 3. The predicted molar refractivity (Wildman–Crippen MR) is 228 cm³/mol. The number of imide groups is 1. The maximum atomic E-state index is 13.7. The van der Waals surface area contributed by atoms with E-state index in [9.17, 15) is 18.8 Å². The molecule has 2 saturated heterocycles. The fraction of sp³-hybridized carbons (Fsp3) is 0.400. The van der Waals surface area contributed by atoms with Crippen LogP contribution in [0.4, 0.5) is 21.6 Å². The van der Waals surface area contributed by atoms with Gasteiger partial charge in [0.1, 0.15) is 23.7 Å². The van der Waals surface area contributed by atoms with Gasteiger partial charge in [0, 0.05) is 69.3 Å². The van der Waals surface area contributed by atoms with Gasteiger partial charge in [-0.2, -0.15) is 0 Å². The van der Waals surface area contributed by atoms with Gasteiger partial charge in [0.25, 0.3) is 0 Å². The van der Waals surface area contributed by atoms with Gasteiger partial charge in [0.05, 0.1) is 34.9 Å². The van der Waals surface area contributed by atoms with Crippen molar-refractivity contribution in [2.45, 2.75) is 70.0 Å². The molecule has 0 radical (unpaired) electrons. The third-order valence-electron chi connectivity index (χ3n) is 11.1. The van der Waals surface area contributed by atoms with Crippen LogP contribution in [0.5, 0.6) is 5.75 Å². The van der Waals surface area contributed by atoms with E-state index >= 15 is 0 Å². The molecule has 3 aromatic carbocycles. The minimum atomic E-state index is -0.517. The third kappa shape index (κ3) is 10.8. The van der Waals surface area contributed by atoms with Gasteiger partial charge in [-0.25, -0.2) is 14.4 Å². The summed E-state index contributed by atoms with van der Waals surface area (Å²) in [7, 11) is 0. The number of rotatable bonds is 16. The van der Waals surface area contributed by atoms with E-state index in [1.807, 2.05) is 12.1 Å². The Labute approximate surface area is 349 Å². The zero-order chi connectivity index (χ0) is 41.1. The van der Waals surface area contributed by atoms with Crippen LogP contribution in [-0.2, 0) is 20.9 Å². The van der Waals surface area contributed by atoms with Crippen LogP contribution in [0.3, 0.4) is 0 Å². The molecule has 12 nitrogen and oxygen atoms in total. The summed E-state index contributed by atoms with van der Waals surface area (Å²) in [5.74, 6) is 6.55. The van der Waals surface area contributed by atoms with Crippen LogP contribution >= 0.6 is 11.6 Å². The molecule has 14 heteroatoms. The number of piperazine rings is 1. The summed E-state index contributed by atoms with van der Waals surface area (Å²) in [5, 5.41) is 9.13. The maximum Gasteiger partial charge on any atom is 0.247 e. The summed E-state index contributed by atoms with van der Waals surface area (Å²) in [6.45, 7) is 10.8. The molecule has 3 N–H and O–H groups in total. The monoisotopic (exact) mass is 820 g/mol. The number of hydrogen-bond acceptors (Lipinski definition) is 10. The molecular weight excluding hydrogens is 771 g/mol. The van der Waals surface area contributed by atoms with Crippen molar-refractivity contribution in [2.75, 3.05) is 56.5 Å². The summed E-state index contributed by atoms with van der Waals surface area (Å²) < 4.78 is 19.9. The lowest BCUT2D eigenvalue weighted by Crippen LogP contribution is -2.51. The molecule has 308 valence electrons. The number of carbonyl (C=O) groups is 3. The van der Waals surface area contributed by atoms with E-state index in [2.05, 4.69) is 71.2 Å². The molecule has 4 aromatic rings. The molecule has 0 saturated carbocycles. The largest absolute Gasteiger partial charge is 0.491 e. The number of halogens is 2. The number of nitrogens with one attached hydrogen (secondary N) is 3. The molecule has 7 rings (SSSR count). The number of anilines is 3. The van der Waals surface area contributed by atoms with Crippen LogP contribution in [-0.4, -0.2) is 94.3 Å². The topological polar surface area (TPSA) is 132 Å². The van der Waals surface area contributed by atoms with E-state index in [4.69, 9.17) is 16.3 Å². The highest BCUT2D eigenvalue weighted by Gasteiger charge is 2.39. The van der Waals surface area contributed by atoms with Gasteiger partial charge < -0.3 is 25.2 Å². The summed E-state index contributed by atoms with van der Waals surface area (Å²) in [4.78, 5) is 52.7. The van der Waals surface area contributed by atoms with E-state index in [0.717, 1.165) is 65.0 Å². The van der Waals surface area contributed by atoms with Crippen LogP contribution in [0, 0.1) is 17.7 Å². The standard InChI is InChI=1S/C45H50ClFN8O4/c1-2-42(56)51-38-27-34-37(48-30-49-44(34)50-32-15-16-36(47)35(46)26-32)28-41(38)59-25-11-20-54-23-21-53(22-24-54)19-10-6-4-3-5-7-14-39-33-13-9-8-12-31(33)29-55(39)40-17-18-43(57)52-45(40)58/h2,8-9,12-13,15-16,26-28,30,39-40H,1,3-6,10-11,17-25,29H2,(H,51,56)(H,48,49,50)(H,52,57,58). The Kier molecular flexibility index (Phi) is 14.2. The van der Waals surface area contributed by atoms with E-state index < -0.39 is 5.82 Å². The van der Waals surface area contributed by atoms with Crippen molar-refractivity contribution in [1.82, 2.24) is 30.0 Å². The highest BCUT2D eigenvalue weighted by molar-refractivity contribution is 6.31. The SMILES string of the molecule is C=CC(=O)Nc1cc2c(Nc3ccc(F)c(Cl)c3)ncnc2cc1OCCCN1CCN(CCCCCCC#CC2c3ccccc3CN2C2CCC(=O)NC2=O)CC1. The van der Waals surface area contributed by atoms with Gasteiger partial charge in [0.2, 0.25) is 17.7 Å². The molecule has 0 spiro atoms. The predicted octanol–water partition coefficient (Wildman–Crippen LogP) is 6.99. The average molecular weight is 821 g/mol. The Morgan fingerprint density at radius 2 is 1.78 bits per heavy atom. The molecule has 1 aromatic heterocycles. The van der Waals surface area contributed by atoms with Crippen molar-refractivity contribution in [1.29, 1.82) is 0 Å². The van der Waals surface area contributed by atoms with Crippen molar-refractivity contribution < 1.29 is 23.5 Å². The van der Waals surface area contributed by atoms with E-state index in [1.54, 1.807) is 18.2 Å². The van der Waals surface area contributed by atoms with Crippen molar-refractivity contribution in [3.63, 3.8) is 0 Å². The summed E-state index contributed by atoms with van der Waals surface area (Å²) >= 11 is 5.98. The van der Waals surface area contributed by atoms with Crippen molar-refractivity contribution in [3.05, 3.63) is 95.5 Å². The molecule has 2 unspecified atom stereocenters. The van der Waals surface area contributed by atoms with E-state index in [-0.39, 0.29) is 34.8 Å². The van der Waals surface area contributed by atoms with Gasteiger partial charge in [-0.05, 0) is 73.7 Å². The Balaban J connectivity index is 0.810. The normalized spacial score (nSPS) is 18.5. The van der Waals surface area contributed by atoms with Gasteiger partial charge in [0.15, 0.2) is 0 Å². The third-order valence-corrected chi connectivity index (χ3v) is 11.4. The van der Waals surface area contributed by atoms with E-state index in [1.165, 1.54) is 48.5 Å². The minimum Gasteiger partial charge on any atom is -0.491 e. The number of amides is 3. The Morgan fingerprint density at radius 1 is 1.00 bits per heavy atom. The first-order valence-electron chi connectivity index (χ1n) is 20.4. The smallest absolute Gasteiger partial charge is 0.247 e. The Hall–Kier alpha value is -5.39. The summed E-state index contributed by atoms with van der Waals surface area (Å²) in [6.07, 6.45) is 9.70. The van der Waals surface area contributed by atoms with Crippen molar-refractivity contribution in [2.24, 2.45) is 0 Å². The fourth-order valence-corrected chi connectivity index (χ4v) is 8.11. The zero-order valence-corrected chi connectivity index (χ0v) is 33.9. The Bertz CT molecular complexity index is 2240. The number of aromatic nitrogens is 2. The van der Waals surface area contributed by atoms with Crippen molar-refractivity contribution >= 4 is 57.4 Å². The number of hydrogen-bond donors (Lipinski definition) is 3. The first kappa shape index (κ1) is 41.8. The lowest BCUT2D eigenvalue weighted by atomic mass is 10.0. The molecular formula is C45H50ClFN8O4. The number of nitrogens with zero attached hydrogens (tertiary/aromatic N) is 5. The van der Waals surface area contributed by atoms with E-state index in [0.29, 0.717) is 59.8 Å². The second-order valence-corrected chi connectivity index (χ2v) is 15.6. The number of piperidine rings is 1. The second-order valence-electron chi connectivity index (χ2n) is 15.1. The number of fused-ring (bicyclic) bond motifs is 2. The molecule has 3 amide bonds. The quantitative estimate of drug-likeness (QED) is 0.0471. The second kappa shape index (κ2) is 20.0. The molecule has 0 aliphatic carbocycles. The zero-order valence-electron chi connectivity index (χ0n) is 33.2. The molecule has 0 bridgehead atoms. The summed E-state index contributed by atoms with van der Waals surface area (Å²) in [5.41, 5.74) is 4.00. The molecule has 2 atom stereocenters. The first-order valence-corrected chi connectivity index (χ1v) is 20.8. The summed E-state index contributed by atoms with van der Waals surface area (Å²) in [6, 6.07) is 15.6. The number of carbonyl (C=O) groups excluding carboxylic acids is 3. The lowest BCUT2D eigenvalue weighted by Gasteiger charge is -2.34. The molecule has 3 aliphatic heterocycles. The van der Waals surface area contributed by atoms with Gasteiger partial charge in [-0.15, -0.1) is 5.92 Å². The molecule has 4 heterocycles. The van der Waals surface area contributed by atoms with Gasteiger partial charge in [-0.3, -0.25) is 24.6 Å². The molecule has 3 aliphatic rings. The Morgan fingerprint density at radius 3 is 2.56 bits per heavy atom. The fourth-order valence-electron chi connectivity index (χ4n) is 7.93. The first-order chi connectivity index (χ1) is 28.7. The molecule has 59 heavy (non-hydrogen) atoms. The van der Waals surface area contributed by atoms with Crippen LogP contribution in [0.25, 0.3) is 10.9 Å². The minimum absolute atomic E-state index is 0.0123. The molecule has 2 fully saturated rings. The number of ether oxygens (including phenoxy) is 1. The van der Waals surface area contributed by atoms with Crippen LogP contribution in [0.15, 0.2) is 73.6 Å². The highest BCUT2D eigenvalue weighted by atomic mass is 35.5. The van der Waals surface area contributed by atoms with Crippen molar-refractivity contribution in [3.8, 4) is 17.6 Å². The lowest BCUT2D eigenvalue weighted by molar-refractivity contribution is -0.138. The van der Waals surface area contributed by atoms with Gasteiger partial charge >= 0.3 is 0 Å².